The molecule has 2 aromatic rings. The first-order chi connectivity index (χ1) is 10.5. The van der Waals surface area contributed by atoms with Gasteiger partial charge in [0.15, 0.2) is 0 Å². The fraction of sp³-hybridized carbons (Fsp3) is 0.333. The van der Waals surface area contributed by atoms with Gasteiger partial charge in [-0.15, -0.1) is 0 Å². The monoisotopic (exact) mass is 298 g/mol. The lowest BCUT2D eigenvalue weighted by atomic mass is 10.1. The van der Waals surface area contributed by atoms with Crippen LogP contribution in [0.1, 0.15) is 32.8 Å². The maximum absolute atomic E-state index is 11.5. The Balaban J connectivity index is 1.86. The molecule has 4 nitrogen and oxygen atoms in total. The highest BCUT2D eigenvalue weighted by atomic mass is 16.6. The predicted molar refractivity (Wildman–Crippen MR) is 89.6 cm³/mol. The zero-order valence-electron chi connectivity index (χ0n) is 13.3. The fourth-order valence-corrected chi connectivity index (χ4v) is 2.06. The lowest BCUT2D eigenvalue weighted by molar-refractivity contribution is 0.0529. The zero-order valence-corrected chi connectivity index (χ0v) is 13.3. The summed E-state index contributed by atoms with van der Waals surface area (Å²) >= 11 is 0. The van der Waals surface area contributed by atoms with Gasteiger partial charge in [-0.25, -0.2) is 4.79 Å². The summed E-state index contributed by atoms with van der Waals surface area (Å²) in [5, 5.41) is 5.03. The highest BCUT2D eigenvalue weighted by Gasteiger charge is 2.15. The molecule has 1 N–H and O–H groups in total. The number of alkyl carbamates (subject to hydrolysis) is 1. The molecule has 0 saturated carbocycles. The Hall–Kier alpha value is -2.36. The van der Waals surface area contributed by atoms with Crippen LogP contribution in [0, 0.1) is 0 Å². The van der Waals surface area contributed by atoms with E-state index < -0.39 is 5.60 Å². The minimum atomic E-state index is -0.462. The van der Waals surface area contributed by atoms with E-state index in [1.165, 1.54) is 5.39 Å². The molecule has 116 valence electrons. The molecule has 22 heavy (non-hydrogen) atoms. The van der Waals surface area contributed by atoms with Crippen molar-refractivity contribution in [3.63, 3.8) is 0 Å². The number of hydrogen-bond acceptors (Lipinski definition) is 3. The van der Waals surface area contributed by atoms with Gasteiger partial charge in [0, 0.05) is 24.3 Å². The van der Waals surface area contributed by atoms with Crippen LogP contribution in [-0.4, -0.2) is 23.2 Å². The van der Waals surface area contributed by atoms with Crippen LogP contribution >= 0.6 is 0 Å². The summed E-state index contributed by atoms with van der Waals surface area (Å²) in [5.74, 6) is 0. The Bertz CT molecular complexity index is 667. The quantitative estimate of drug-likeness (QED) is 0.862. The molecular formula is C18H22N2O2. The van der Waals surface area contributed by atoms with Crippen LogP contribution < -0.4 is 5.32 Å². The summed E-state index contributed by atoms with van der Waals surface area (Å²) in [5.41, 5.74) is 0.665. The topological polar surface area (TPSA) is 51.2 Å². The van der Waals surface area contributed by atoms with E-state index in [2.05, 4.69) is 28.5 Å². The number of carbonyl (C=O) groups is 1. The maximum Gasteiger partial charge on any atom is 0.407 e. The largest absolute Gasteiger partial charge is 0.444 e. The number of carbonyl (C=O) groups excluding carboxylic acids is 1. The number of ether oxygens (including phenoxy) is 1. The summed E-state index contributed by atoms with van der Waals surface area (Å²) in [4.78, 5) is 15.7. The molecule has 0 radical (unpaired) electrons. The van der Waals surface area contributed by atoms with E-state index in [0.29, 0.717) is 6.54 Å². The number of aromatic nitrogens is 1. The van der Waals surface area contributed by atoms with Crippen LogP contribution in [0.15, 0.2) is 42.7 Å². The first-order valence-corrected chi connectivity index (χ1v) is 7.42. The van der Waals surface area contributed by atoms with Gasteiger partial charge in [-0.1, -0.05) is 30.4 Å². The van der Waals surface area contributed by atoms with Crippen LogP contribution in [0.4, 0.5) is 4.79 Å². The molecule has 0 unspecified atom stereocenters. The molecule has 4 heteroatoms. The van der Waals surface area contributed by atoms with Gasteiger partial charge in [0.25, 0.3) is 0 Å². The van der Waals surface area contributed by atoms with Crippen molar-refractivity contribution in [1.29, 1.82) is 0 Å². The standard InChI is InChI=1S/C18H22N2O2/c1-18(2,3)22-17(21)20-11-5-4-7-14-8-6-9-15-10-12-19-13-16(14)15/h4,6-10,12-13H,5,11H2,1-3H3,(H,20,21). The Morgan fingerprint density at radius 3 is 2.91 bits per heavy atom. The second kappa shape index (κ2) is 7.07. The number of pyridine rings is 1. The van der Waals surface area contributed by atoms with Crippen molar-refractivity contribution >= 4 is 22.9 Å². The van der Waals surface area contributed by atoms with E-state index in [-0.39, 0.29) is 6.09 Å². The number of hydrogen-bond donors (Lipinski definition) is 1. The number of rotatable bonds is 4. The molecule has 0 bridgehead atoms. The van der Waals surface area contributed by atoms with Gasteiger partial charge in [-0.05, 0) is 44.2 Å². The van der Waals surface area contributed by atoms with E-state index in [0.717, 1.165) is 17.4 Å². The molecule has 0 fully saturated rings. The minimum Gasteiger partial charge on any atom is -0.444 e. The van der Waals surface area contributed by atoms with Gasteiger partial charge in [-0.3, -0.25) is 4.98 Å². The zero-order chi connectivity index (χ0) is 16.0. The van der Waals surface area contributed by atoms with Crippen LogP contribution in [0.25, 0.3) is 16.8 Å². The van der Waals surface area contributed by atoms with Crippen LogP contribution in [0.3, 0.4) is 0 Å². The Morgan fingerprint density at radius 2 is 2.14 bits per heavy atom. The average Bonchev–Trinajstić information content (AvgIpc) is 2.45. The molecule has 0 aliphatic rings. The molecule has 0 aliphatic carbocycles. The average molecular weight is 298 g/mol. The van der Waals surface area contributed by atoms with E-state index >= 15 is 0 Å². The summed E-state index contributed by atoms with van der Waals surface area (Å²) in [6.45, 7) is 6.09. The third kappa shape index (κ3) is 4.88. The fourth-order valence-electron chi connectivity index (χ4n) is 2.06. The van der Waals surface area contributed by atoms with Crippen molar-refractivity contribution < 1.29 is 9.53 Å². The van der Waals surface area contributed by atoms with Crippen molar-refractivity contribution in [3.8, 4) is 0 Å². The number of benzene rings is 1. The van der Waals surface area contributed by atoms with Crippen LogP contribution in [0.5, 0.6) is 0 Å². The summed E-state index contributed by atoms with van der Waals surface area (Å²) in [6.07, 6.45) is 8.12. The molecule has 1 heterocycles. The van der Waals surface area contributed by atoms with Gasteiger partial charge < -0.3 is 10.1 Å². The van der Waals surface area contributed by atoms with Crippen LogP contribution in [0.2, 0.25) is 0 Å². The van der Waals surface area contributed by atoms with E-state index in [9.17, 15) is 4.79 Å². The third-order valence-electron chi connectivity index (χ3n) is 2.99. The molecule has 1 aromatic heterocycles. The molecule has 1 aromatic carbocycles. The number of amides is 1. The van der Waals surface area contributed by atoms with Crippen molar-refractivity contribution in [2.24, 2.45) is 0 Å². The number of nitrogens with zero attached hydrogens (tertiary/aromatic N) is 1. The maximum atomic E-state index is 11.5. The van der Waals surface area contributed by atoms with Crippen molar-refractivity contribution in [3.05, 3.63) is 48.3 Å². The summed E-state index contributed by atoms with van der Waals surface area (Å²) < 4.78 is 5.18. The van der Waals surface area contributed by atoms with Gasteiger partial charge in [0.2, 0.25) is 0 Å². The highest BCUT2D eigenvalue weighted by Crippen LogP contribution is 2.18. The van der Waals surface area contributed by atoms with Crippen molar-refractivity contribution in [2.75, 3.05) is 6.54 Å². The van der Waals surface area contributed by atoms with E-state index in [4.69, 9.17) is 4.74 Å². The van der Waals surface area contributed by atoms with Gasteiger partial charge in [-0.2, -0.15) is 0 Å². The Labute approximate surface area is 131 Å². The predicted octanol–water partition coefficient (Wildman–Crippen LogP) is 4.16. The van der Waals surface area contributed by atoms with Gasteiger partial charge in [0.05, 0.1) is 0 Å². The molecular weight excluding hydrogens is 276 g/mol. The van der Waals surface area contributed by atoms with Gasteiger partial charge >= 0.3 is 6.09 Å². The van der Waals surface area contributed by atoms with E-state index in [1.807, 2.05) is 45.2 Å². The molecule has 2 rings (SSSR count). The third-order valence-corrected chi connectivity index (χ3v) is 2.99. The molecule has 0 saturated heterocycles. The van der Waals surface area contributed by atoms with Gasteiger partial charge in [0.1, 0.15) is 5.60 Å². The van der Waals surface area contributed by atoms with E-state index in [1.54, 1.807) is 6.20 Å². The summed E-state index contributed by atoms with van der Waals surface area (Å²) in [6, 6.07) is 8.15. The lowest BCUT2D eigenvalue weighted by Crippen LogP contribution is -2.32. The second-order valence-electron chi connectivity index (χ2n) is 6.06. The Morgan fingerprint density at radius 1 is 1.32 bits per heavy atom. The first kappa shape index (κ1) is 16.0. The SMILES string of the molecule is CC(C)(C)OC(=O)NCCC=Cc1cccc2ccncc12. The second-order valence-corrected chi connectivity index (χ2v) is 6.06. The number of fused-ring (bicyclic) bond motifs is 1. The van der Waals surface area contributed by atoms with Crippen molar-refractivity contribution in [2.45, 2.75) is 32.8 Å². The smallest absolute Gasteiger partial charge is 0.407 e. The van der Waals surface area contributed by atoms with Crippen molar-refractivity contribution in [1.82, 2.24) is 10.3 Å². The number of nitrogens with one attached hydrogen (secondary N) is 1. The molecule has 0 atom stereocenters. The lowest BCUT2D eigenvalue weighted by Gasteiger charge is -2.19. The first-order valence-electron chi connectivity index (χ1n) is 7.42. The normalized spacial score (nSPS) is 11.8. The molecule has 1 amide bonds. The minimum absolute atomic E-state index is 0.379. The molecule has 0 spiro atoms. The highest BCUT2D eigenvalue weighted by molar-refractivity contribution is 5.89. The molecule has 0 aliphatic heterocycles. The Kier molecular flexibility index (Phi) is 5.15. The van der Waals surface area contributed by atoms with Crippen LogP contribution in [-0.2, 0) is 4.74 Å². The summed E-state index contributed by atoms with van der Waals surface area (Å²) in [7, 11) is 0.